The minimum atomic E-state index is -1.74. The monoisotopic (exact) mass is 498 g/mol. The highest BCUT2D eigenvalue weighted by Gasteiger charge is 2.45. The van der Waals surface area contributed by atoms with Gasteiger partial charge in [-0.1, -0.05) is 13.0 Å². The number of ether oxygens (including phenoxy) is 1. The number of nitrogens with one attached hydrogen (secondary N) is 1. The van der Waals surface area contributed by atoms with Crippen molar-refractivity contribution in [3.8, 4) is 5.75 Å². The second-order valence-electron chi connectivity index (χ2n) is 10.5. The Balaban J connectivity index is 1.25. The van der Waals surface area contributed by atoms with Crippen molar-refractivity contribution in [3.05, 3.63) is 52.8 Å². The summed E-state index contributed by atoms with van der Waals surface area (Å²) in [5, 5.41) is 9.94. The lowest BCUT2D eigenvalue weighted by Crippen LogP contribution is -2.43. The van der Waals surface area contributed by atoms with Crippen molar-refractivity contribution in [1.29, 1.82) is 0 Å². The molecule has 8 heteroatoms. The quantitative estimate of drug-likeness (QED) is 0.525. The van der Waals surface area contributed by atoms with E-state index in [4.69, 9.17) is 4.74 Å². The molecule has 4 aliphatic rings. The molecule has 3 aliphatic heterocycles. The molecule has 0 radical (unpaired) electrons. The van der Waals surface area contributed by atoms with Gasteiger partial charge in [-0.3, -0.25) is 4.90 Å². The van der Waals surface area contributed by atoms with E-state index < -0.39 is 17.3 Å². The Morgan fingerprint density at radius 2 is 2.00 bits per heavy atom. The van der Waals surface area contributed by atoms with E-state index in [0.717, 1.165) is 36.9 Å². The van der Waals surface area contributed by atoms with Crippen molar-refractivity contribution >= 4 is 23.0 Å². The zero-order valence-electron chi connectivity index (χ0n) is 19.8. The molecule has 1 unspecified atom stereocenters. The maximum absolute atomic E-state index is 14.3. The van der Waals surface area contributed by atoms with E-state index in [0.29, 0.717) is 53.5 Å². The van der Waals surface area contributed by atoms with Crippen molar-refractivity contribution in [2.45, 2.75) is 68.3 Å². The molecular weight excluding hydrogens is 467 g/mol. The molecule has 2 N–H and O–H groups in total. The molecule has 3 fully saturated rings. The van der Waals surface area contributed by atoms with Gasteiger partial charge in [0.15, 0.2) is 4.90 Å². The first-order valence-electron chi connectivity index (χ1n) is 12.7. The molecule has 6 atom stereocenters. The summed E-state index contributed by atoms with van der Waals surface area (Å²) in [5.41, 5.74) is 1.94. The first-order chi connectivity index (χ1) is 16.9. The van der Waals surface area contributed by atoms with Gasteiger partial charge < -0.3 is 14.4 Å². The maximum Gasteiger partial charge on any atom is 0.341 e. The van der Waals surface area contributed by atoms with Crippen molar-refractivity contribution in [2.75, 3.05) is 17.9 Å². The first kappa shape index (κ1) is 23.1. The summed E-state index contributed by atoms with van der Waals surface area (Å²) in [5.74, 6) is 0.176. The molecule has 2 saturated heterocycles. The summed E-state index contributed by atoms with van der Waals surface area (Å²) in [6.07, 6.45) is 6.29. The Morgan fingerprint density at radius 3 is 2.71 bits per heavy atom. The van der Waals surface area contributed by atoms with Crippen LogP contribution in [0.2, 0.25) is 0 Å². The number of carboxylic acid groups (broad SMARTS) is 1. The Labute approximate surface area is 208 Å². The number of benzene rings is 2. The van der Waals surface area contributed by atoms with Crippen LogP contribution in [-0.4, -0.2) is 45.8 Å². The second kappa shape index (κ2) is 8.98. The number of aromatic carboxylic acids is 1. The highest BCUT2D eigenvalue weighted by molar-refractivity contribution is 7.92. The molecule has 0 aromatic heterocycles. The minimum absolute atomic E-state index is 0.0216. The number of carbonyl (C=O) groups is 1. The number of hydrogen-bond donors (Lipinski definition) is 2. The van der Waals surface area contributed by atoms with Crippen LogP contribution in [0.1, 0.15) is 66.4 Å². The van der Waals surface area contributed by atoms with Gasteiger partial charge in [0, 0.05) is 23.6 Å². The predicted octanol–water partition coefficient (Wildman–Crippen LogP) is 4.96. The fraction of sp³-hybridized carbons (Fsp3) is 0.519. The molecule has 2 aromatic carbocycles. The summed E-state index contributed by atoms with van der Waals surface area (Å²) < 4.78 is 36.4. The van der Waals surface area contributed by atoms with E-state index >= 15 is 0 Å². The predicted molar refractivity (Wildman–Crippen MR) is 132 cm³/mol. The standard InChI is InChI=1S/C27H31FN2O4S/c1-2-30-19-4-5-20(30)11-15(10-19)9-16-12-18(28)3-8-24(16)35(33)29-23-7-6-21-22-13-17(22)14-34-26(21)25(23)27(31)32/h3,6-8,12,15,17,19-20,22,29H,2,4-5,9-11,13-14H2,1H3,(H,31,32)/t15-,17-,19+,20-,22-,35?/m0/s1. The van der Waals surface area contributed by atoms with Crippen LogP contribution in [0.25, 0.3) is 0 Å². The molecule has 6 rings (SSSR count). The fourth-order valence-electron chi connectivity index (χ4n) is 6.77. The highest BCUT2D eigenvalue weighted by atomic mass is 32.2. The summed E-state index contributed by atoms with van der Waals surface area (Å²) in [7, 11) is 0. The summed E-state index contributed by atoms with van der Waals surface area (Å²) in [6, 6.07) is 9.12. The molecule has 6 nitrogen and oxygen atoms in total. The van der Waals surface area contributed by atoms with Crippen LogP contribution in [0.4, 0.5) is 10.1 Å². The van der Waals surface area contributed by atoms with Crippen LogP contribution in [0.5, 0.6) is 5.75 Å². The number of hydrogen-bond acceptors (Lipinski definition) is 5. The molecule has 2 bridgehead atoms. The largest absolute Gasteiger partial charge is 0.588 e. The van der Waals surface area contributed by atoms with Gasteiger partial charge >= 0.3 is 5.97 Å². The van der Waals surface area contributed by atoms with Crippen LogP contribution >= 0.6 is 0 Å². The van der Waals surface area contributed by atoms with Crippen molar-refractivity contribution in [2.24, 2.45) is 11.8 Å². The topological polar surface area (TPSA) is 84.9 Å². The fourth-order valence-corrected chi connectivity index (χ4v) is 7.82. The average molecular weight is 499 g/mol. The van der Waals surface area contributed by atoms with Crippen molar-refractivity contribution in [3.63, 3.8) is 0 Å². The lowest BCUT2D eigenvalue weighted by atomic mass is 9.86. The zero-order chi connectivity index (χ0) is 24.3. The van der Waals surface area contributed by atoms with Gasteiger partial charge in [-0.05, 0) is 86.7 Å². The summed E-state index contributed by atoms with van der Waals surface area (Å²) in [6.45, 7) is 3.80. The number of carboxylic acids is 1. The zero-order valence-corrected chi connectivity index (χ0v) is 20.7. The summed E-state index contributed by atoms with van der Waals surface area (Å²) >= 11 is -1.74. The van der Waals surface area contributed by atoms with Gasteiger partial charge in [-0.15, -0.1) is 0 Å². The number of piperidine rings is 1. The Kier molecular flexibility index (Phi) is 5.93. The number of fused-ring (bicyclic) bond motifs is 5. The van der Waals surface area contributed by atoms with Gasteiger partial charge in [0.2, 0.25) is 0 Å². The van der Waals surface area contributed by atoms with Gasteiger partial charge in [0.1, 0.15) is 34.2 Å². The third kappa shape index (κ3) is 4.19. The van der Waals surface area contributed by atoms with Gasteiger partial charge in [0.25, 0.3) is 0 Å². The Morgan fingerprint density at radius 1 is 1.23 bits per heavy atom. The van der Waals surface area contributed by atoms with E-state index in [1.165, 1.54) is 25.0 Å². The third-order valence-corrected chi connectivity index (χ3v) is 9.65. The van der Waals surface area contributed by atoms with E-state index in [-0.39, 0.29) is 17.1 Å². The van der Waals surface area contributed by atoms with Crippen molar-refractivity contribution < 1.29 is 23.6 Å². The summed E-state index contributed by atoms with van der Waals surface area (Å²) in [4.78, 5) is 15.3. The van der Waals surface area contributed by atoms with Crippen LogP contribution in [-0.2, 0) is 17.8 Å². The van der Waals surface area contributed by atoms with E-state index in [1.54, 1.807) is 12.1 Å². The number of halogens is 1. The molecule has 1 saturated carbocycles. The Hall–Kier alpha value is -2.29. The normalized spacial score (nSPS) is 29.6. The lowest BCUT2D eigenvalue weighted by Gasteiger charge is -2.38. The number of nitrogens with zero attached hydrogens (tertiary/aromatic N) is 1. The van der Waals surface area contributed by atoms with Crippen LogP contribution in [0, 0.1) is 17.7 Å². The van der Waals surface area contributed by atoms with Gasteiger partial charge in [-0.25, -0.2) is 13.9 Å². The molecular formula is C27H31FN2O4S. The van der Waals surface area contributed by atoms with Crippen molar-refractivity contribution in [1.82, 2.24) is 4.90 Å². The first-order valence-corrected chi connectivity index (χ1v) is 13.8. The second-order valence-corrected chi connectivity index (χ2v) is 11.7. The van der Waals surface area contributed by atoms with Crippen LogP contribution < -0.4 is 9.46 Å². The van der Waals surface area contributed by atoms with Crippen LogP contribution in [0.3, 0.4) is 0 Å². The number of anilines is 1. The highest BCUT2D eigenvalue weighted by Crippen LogP contribution is 2.55. The molecule has 35 heavy (non-hydrogen) atoms. The Bertz CT molecular complexity index is 1150. The molecule has 2 aromatic rings. The van der Waals surface area contributed by atoms with Gasteiger partial charge in [0.05, 0.1) is 6.61 Å². The minimum Gasteiger partial charge on any atom is -0.588 e. The van der Waals surface area contributed by atoms with Gasteiger partial charge in [-0.2, -0.15) is 0 Å². The third-order valence-electron chi connectivity index (χ3n) is 8.45. The SMILES string of the molecule is CCN1[C@@H]2CC[C@H]1C[C@@H](Cc1cc(F)ccc1[S+]([O-])Nc1ccc3c(c1C(=O)O)OC[C@@H]1C[C@H]31)C2. The molecule has 186 valence electrons. The van der Waals surface area contributed by atoms with E-state index in [2.05, 4.69) is 16.5 Å². The maximum atomic E-state index is 14.3. The van der Waals surface area contributed by atoms with E-state index in [9.17, 15) is 18.8 Å². The molecule has 0 amide bonds. The molecule has 3 heterocycles. The van der Waals surface area contributed by atoms with Crippen LogP contribution in [0.15, 0.2) is 35.2 Å². The molecule has 1 aliphatic carbocycles. The molecule has 0 spiro atoms. The smallest absolute Gasteiger partial charge is 0.341 e. The van der Waals surface area contributed by atoms with E-state index in [1.807, 2.05) is 6.07 Å². The number of rotatable bonds is 7. The average Bonchev–Trinajstić information content (AvgIpc) is 3.57. The lowest BCUT2D eigenvalue weighted by molar-refractivity contribution is 0.0692.